The molecule has 23 heavy (non-hydrogen) atoms. The molecule has 6 heteroatoms. The van der Waals surface area contributed by atoms with Crippen LogP contribution in [0.2, 0.25) is 0 Å². The number of thiophene rings is 1. The topological polar surface area (TPSA) is 92.7 Å². The summed E-state index contributed by atoms with van der Waals surface area (Å²) in [4.78, 5) is 12.5. The second kappa shape index (κ2) is 7.77. The first-order valence-corrected chi connectivity index (χ1v) is 8.26. The monoisotopic (exact) mass is 330 g/mol. The number of nitrogens with zero attached hydrogens (tertiary/aromatic N) is 1. The number of carbonyl (C=O) groups excluding carboxylic acids is 1. The molecule has 1 heterocycles. The standard InChI is InChI=1S/C17H19N3O2S/c1-3-22-17(21)15-14(13(9-18)16(19)23-15)10-20-11(2)12-7-5-4-6-8-12/h4-8,11,20H,3,10,19H2,1-2H3/p+1/t11-/m0/s1. The van der Waals surface area contributed by atoms with Crippen LogP contribution in [-0.2, 0) is 11.3 Å². The van der Waals surface area contributed by atoms with Crippen molar-refractivity contribution in [1.29, 1.82) is 5.26 Å². The fourth-order valence-electron chi connectivity index (χ4n) is 2.35. The number of carbonyl (C=O) groups is 1. The van der Waals surface area contributed by atoms with E-state index in [1.807, 2.05) is 18.2 Å². The van der Waals surface area contributed by atoms with E-state index in [0.717, 1.165) is 11.3 Å². The normalized spacial score (nSPS) is 11.7. The molecule has 0 aliphatic heterocycles. The van der Waals surface area contributed by atoms with Crippen molar-refractivity contribution in [2.24, 2.45) is 0 Å². The Hall–Kier alpha value is -2.36. The number of hydrogen-bond donors (Lipinski definition) is 2. The van der Waals surface area contributed by atoms with Crippen molar-refractivity contribution < 1.29 is 14.8 Å². The van der Waals surface area contributed by atoms with Crippen LogP contribution in [0.25, 0.3) is 0 Å². The second-order valence-electron chi connectivity index (χ2n) is 5.12. The molecule has 1 aromatic heterocycles. The van der Waals surface area contributed by atoms with Gasteiger partial charge < -0.3 is 15.8 Å². The summed E-state index contributed by atoms with van der Waals surface area (Å²) in [6.45, 7) is 4.63. The largest absolute Gasteiger partial charge is 0.462 e. The summed E-state index contributed by atoms with van der Waals surface area (Å²) in [5.74, 6) is -0.415. The Morgan fingerprint density at radius 2 is 2.13 bits per heavy atom. The van der Waals surface area contributed by atoms with Gasteiger partial charge in [0.1, 0.15) is 28.5 Å². The summed E-state index contributed by atoms with van der Waals surface area (Å²) in [7, 11) is 0. The summed E-state index contributed by atoms with van der Waals surface area (Å²) in [5, 5.41) is 11.8. The molecule has 120 valence electrons. The fraction of sp³-hybridized carbons (Fsp3) is 0.294. The third-order valence-electron chi connectivity index (χ3n) is 3.61. The minimum Gasteiger partial charge on any atom is -0.462 e. The number of esters is 1. The number of nitriles is 1. The predicted octanol–water partition coefficient (Wildman–Crippen LogP) is 2.20. The zero-order chi connectivity index (χ0) is 16.8. The van der Waals surface area contributed by atoms with Gasteiger partial charge >= 0.3 is 5.97 Å². The smallest absolute Gasteiger partial charge is 0.348 e. The quantitative estimate of drug-likeness (QED) is 0.794. The first kappa shape index (κ1) is 17.0. The van der Waals surface area contributed by atoms with E-state index in [-0.39, 0.29) is 6.04 Å². The highest BCUT2D eigenvalue weighted by atomic mass is 32.1. The van der Waals surface area contributed by atoms with Crippen LogP contribution in [0, 0.1) is 11.3 Å². The summed E-state index contributed by atoms with van der Waals surface area (Å²) in [6.07, 6.45) is 0. The SMILES string of the molecule is CCOC(=O)c1sc(N)c(C#N)c1C[NH2+][C@@H](C)c1ccccc1. The maximum atomic E-state index is 12.1. The predicted molar refractivity (Wildman–Crippen MR) is 89.9 cm³/mol. The number of rotatable bonds is 6. The highest BCUT2D eigenvalue weighted by molar-refractivity contribution is 7.18. The van der Waals surface area contributed by atoms with Gasteiger partial charge in [-0.3, -0.25) is 0 Å². The number of quaternary nitrogens is 1. The van der Waals surface area contributed by atoms with E-state index >= 15 is 0 Å². The van der Waals surface area contributed by atoms with Crippen LogP contribution >= 0.6 is 11.3 Å². The molecule has 0 saturated heterocycles. The van der Waals surface area contributed by atoms with Gasteiger partial charge in [0.15, 0.2) is 0 Å². The number of nitrogens with two attached hydrogens (primary N) is 2. The lowest BCUT2D eigenvalue weighted by Gasteiger charge is -2.11. The van der Waals surface area contributed by atoms with Crippen LogP contribution in [0.1, 0.15) is 46.3 Å². The zero-order valence-electron chi connectivity index (χ0n) is 13.2. The van der Waals surface area contributed by atoms with Crippen molar-refractivity contribution in [3.63, 3.8) is 0 Å². The van der Waals surface area contributed by atoms with E-state index in [0.29, 0.717) is 34.2 Å². The molecule has 0 unspecified atom stereocenters. The fourth-order valence-corrected chi connectivity index (χ4v) is 3.29. The Morgan fingerprint density at radius 1 is 1.43 bits per heavy atom. The number of anilines is 1. The lowest BCUT2D eigenvalue weighted by molar-refractivity contribution is -0.707. The van der Waals surface area contributed by atoms with Crippen LogP contribution in [0.3, 0.4) is 0 Å². The zero-order valence-corrected chi connectivity index (χ0v) is 14.0. The number of hydrogen-bond acceptors (Lipinski definition) is 5. The second-order valence-corrected chi connectivity index (χ2v) is 6.17. The van der Waals surface area contributed by atoms with E-state index < -0.39 is 5.97 Å². The summed E-state index contributed by atoms with van der Waals surface area (Å²) in [6, 6.07) is 12.4. The third-order valence-corrected chi connectivity index (χ3v) is 4.65. The van der Waals surface area contributed by atoms with Crippen LogP contribution < -0.4 is 11.1 Å². The Morgan fingerprint density at radius 3 is 2.74 bits per heavy atom. The Bertz CT molecular complexity index is 719. The molecule has 0 fully saturated rings. The first-order chi connectivity index (χ1) is 11.1. The average molecular weight is 330 g/mol. The van der Waals surface area contributed by atoms with Gasteiger partial charge in [0, 0.05) is 5.56 Å². The molecule has 0 amide bonds. The molecule has 0 aliphatic carbocycles. The minimum atomic E-state index is -0.415. The molecule has 0 saturated carbocycles. The minimum absolute atomic E-state index is 0.207. The van der Waals surface area contributed by atoms with Crippen molar-refractivity contribution in [1.82, 2.24) is 0 Å². The van der Waals surface area contributed by atoms with Gasteiger partial charge in [0.05, 0.1) is 17.7 Å². The van der Waals surface area contributed by atoms with Gasteiger partial charge in [-0.2, -0.15) is 5.26 Å². The van der Waals surface area contributed by atoms with Crippen LogP contribution in [0.15, 0.2) is 30.3 Å². The lowest BCUT2D eigenvalue weighted by atomic mass is 10.1. The van der Waals surface area contributed by atoms with Crippen molar-refractivity contribution >= 4 is 22.3 Å². The lowest BCUT2D eigenvalue weighted by Crippen LogP contribution is -2.83. The van der Waals surface area contributed by atoms with Crippen LogP contribution in [0.4, 0.5) is 5.00 Å². The molecule has 0 bridgehead atoms. The van der Waals surface area contributed by atoms with E-state index in [9.17, 15) is 10.1 Å². The van der Waals surface area contributed by atoms with Crippen LogP contribution in [-0.4, -0.2) is 12.6 Å². The molecular weight excluding hydrogens is 310 g/mol. The Balaban J connectivity index is 2.21. The number of nitrogen functional groups attached to an aromatic ring is 1. The molecule has 0 aliphatic rings. The van der Waals surface area contributed by atoms with Crippen molar-refractivity contribution in [3.05, 3.63) is 51.9 Å². The van der Waals surface area contributed by atoms with Gasteiger partial charge in [-0.1, -0.05) is 30.3 Å². The number of benzene rings is 1. The molecule has 0 radical (unpaired) electrons. The summed E-state index contributed by atoms with van der Waals surface area (Å²) >= 11 is 1.12. The molecule has 2 aromatic rings. The molecular formula is C17H20N3O2S+. The molecule has 1 atom stereocenters. The van der Waals surface area contributed by atoms with E-state index in [2.05, 4.69) is 30.4 Å². The van der Waals surface area contributed by atoms with Gasteiger partial charge in [0.25, 0.3) is 0 Å². The molecule has 1 aromatic carbocycles. The van der Waals surface area contributed by atoms with Crippen LogP contribution in [0.5, 0.6) is 0 Å². The van der Waals surface area contributed by atoms with Gasteiger partial charge in [-0.25, -0.2) is 4.79 Å². The Labute approximate surface area is 139 Å². The van der Waals surface area contributed by atoms with Crippen molar-refractivity contribution in [2.75, 3.05) is 12.3 Å². The summed E-state index contributed by atoms with van der Waals surface area (Å²) in [5.41, 5.74) is 8.11. The highest BCUT2D eigenvalue weighted by Gasteiger charge is 2.24. The number of ether oxygens (including phenoxy) is 1. The van der Waals surface area contributed by atoms with Gasteiger partial charge in [-0.05, 0) is 13.8 Å². The van der Waals surface area contributed by atoms with Crippen molar-refractivity contribution in [3.8, 4) is 6.07 Å². The molecule has 2 rings (SSSR count). The molecule has 4 N–H and O–H groups in total. The van der Waals surface area contributed by atoms with Crippen molar-refractivity contribution in [2.45, 2.75) is 26.4 Å². The van der Waals surface area contributed by atoms with Gasteiger partial charge in [0.2, 0.25) is 0 Å². The first-order valence-electron chi connectivity index (χ1n) is 7.45. The third kappa shape index (κ3) is 3.89. The maximum absolute atomic E-state index is 12.1. The molecule has 0 spiro atoms. The highest BCUT2D eigenvalue weighted by Crippen LogP contribution is 2.30. The molecule has 5 nitrogen and oxygen atoms in total. The Kier molecular flexibility index (Phi) is 5.74. The summed E-state index contributed by atoms with van der Waals surface area (Å²) < 4.78 is 5.07. The van der Waals surface area contributed by atoms with E-state index in [4.69, 9.17) is 10.5 Å². The van der Waals surface area contributed by atoms with E-state index in [1.54, 1.807) is 6.92 Å². The van der Waals surface area contributed by atoms with Gasteiger partial charge in [-0.15, -0.1) is 11.3 Å². The maximum Gasteiger partial charge on any atom is 0.348 e. The van der Waals surface area contributed by atoms with E-state index in [1.165, 1.54) is 5.56 Å². The average Bonchev–Trinajstić information content (AvgIpc) is 2.89.